The van der Waals surface area contributed by atoms with Crippen LogP contribution in [0.3, 0.4) is 0 Å². The van der Waals surface area contributed by atoms with Crippen molar-refractivity contribution in [2.75, 3.05) is 0 Å². The van der Waals surface area contributed by atoms with Crippen molar-refractivity contribution in [2.45, 2.75) is 40.0 Å². The third-order valence-corrected chi connectivity index (χ3v) is 2.75. The minimum Gasteiger partial charge on any atom is -0.100 e. The molecule has 0 heteroatoms. The Bertz CT molecular complexity index is 379. The first kappa shape index (κ1) is 16.4. The molecule has 0 amide bonds. The van der Waals surface area contributed by atoms with Crippen LogP contribution in [0.15, 0.2) is 61.2 Å². The van der Waals surface area contributed by atoms with Crippen LogP contribution in [0.5, 0.6) is 0 Å². The SMILES string of the molecule is C=C(C)CC.C=CC(=C)Cc1ccc(CC)cc1. The molecule has 1 aromatic carbocycles. The second-order valence-electron chi connectivity index (χ2n) is 4.52. The number of aryl methyl sites for hydroxylation is 1. The molecule has 0 aromatic heterocycles. The van der Waals surface area contributed by atoms with E-state index in [1.54, 1.807) is 0 Å². The van der Waals surface area contributed by atoms with E-state index in [4.69, 9.17) is 0 Å². The van der Waals surface area contributed by atoms with E-state index in [1.807, 2.05) is 13.0 Å². The molecule has 0 aliphatic rings. The average molecular weight is 242 g/mol. The van der Waals surface area contributed by atoms with Crippen LogP contribution < -0.4 is 0 Å². The summed E-state index contributed by atoms with van der Waals surface area (Å²) in [7, 11) is 0. The van der Waals surface area contributed by atoms with Crippen LogP contribution in [0.25, 0.3) is 0 Å². The van der Waals surface area contributed by atoms with Gasteiger partial charge in [-0.2, -0.15) is 0 Å². The number of allylic oxidation sites excluding steroid dienone is 3. The van der Waals surface area contributed by atoms with Gasteiger partial charge in [-0.25, -0.2) is 0 Å². The summed E-state index contributed by atoms with van der Waals surface area (Å²) in [5.41, 5.74) is 5.02. The van der Waals surface area contributed by atoms with E-state index >= 15 is 0 Å². The first-order valence-corrected chi connectivity index (χ1v) is 6.55. The minimum absolute atomic E-state index is 0.910. The van der Waals surface area contributed by atoms with Gasteiger partial charge < -0.3 is 0 Å². The molecule has 98 valence electrons. The summed E-state index contributed by atoms with van der Waals surface area (Å²) in [5.74, 6) is 0. The van der Waals surface area contributed by atoms with Crippen molar-refractivity contribution in [3.8, 4) is 0 Å². The normalized spacial score (nSPS) is 9.06. The van der Waals surface area contributed by atoms with Gasteiger partial charge in [0.25, 0.3) is 0 Å². The lowest BCUT2D eigenvalue weighted by Gasteiger charge is -2.02. The highest BCUT2D eigenvalue weighted by atomic mass is 14.0. The highest BCUT2D eigenvalue weighted by Crippen LogP contribution is 2.09. The zero-order valence-electron chi connectivity index (χ0n) is 12.1. The standard InChI is InChI=1S/C13H16.C5H10/c1-4-11(3)10-13-8-6-12(5-2)7-9-13;1-4-5(2)3/h4,6-9H,1,3,5,10H2,2H3;2,4H2,1,3H3. The smallest absolute Gasteiger partial charge is 0.00319 e. The van der Waals surface area contributed by atoms with Gasteiger partial charge in [-0.15, -0.1) is 6.58 Å². The van der Waals surface area contributed by atoms with Crippen molar-refractivity contribution in [2.24, 2.45) is 0 Å². The van der Waals surface area contributed by atoms with Crippen LogP contribution >= 0.6 is 0 Å². The molecular formula is C18H26. The molecule has 0 bridgehead atoms. The van der Waals surface area contributed by atoms with Crippen molar-refractivity contribution < 1.29 is 0 Å². The van der Waals surface area contributed by atoms with E-state index in [2.05, 4.69) is 57.8 Å². The van der Waals surface area contributed by atoms with Gasteiger partial charge in [-0.3, -0.25) is 0 Å². The second-order valence-corrected chi connectivity index (χ2v) is 4.52. The van der Waals surface area contributed by atoms with Crippen LogP contribution in [0, 0.1) is 0 Å². The quantitative estimate of drug-likeness (QED) is 0.472. The fourth-order valence-corrected chi connectivity index (χ4v) is 1.23. The highest BCUT2D eigenvalue weighted by Gasteiger charge is 1.94. The topological polar surface area (TPSA) is 0 Å². The summed E-state index contributed by atoms with van der Waals surface area (Å²) in [4.78, 5) is 0. The van der Waals surface area contributed by atoms with Crippen LogP contribution in [0.1, 0.15) is 38.3 Å². The van der Waals surface area contributed by atoms with Gasteiger partial charge in [0, 0.05) is 0 Å². The molecule has 1 rings (SSSR count). The monoisotopic (exact) mass is 242 g/mol. The molecule has 0 aliphatic carbocycles. The largest absolute Gasteiger partial charge is 0.100 e. The lowest BCUT2D eigenvalue weighted by atomic mass is 10.0. The first-order chi connectivity index (χ1) is 8.53. The Morgan fingerprint density at radius 3 is 1.83 bits per heavy atom. The molecule has 0 saturated carbocycles. The van der Waals surface area contributed by atoms with Gasteiger partial charge >= 0.3 is 0 Å². The Balaban J connectivity index is 0.000000494. The molecule has 0 radical (unpaired) electrons. The molecule has 18 heavy (non-hydrogen) atoms. The van der Waals surface area contributed by atoms with Gasteiger partial charge in [-0.05, 0) is 37.3 Å². The molecule has 0 atom stereocenters. The Labute approximate surface area is 113 Å². The van der Waals surface area contributed by atoms with Crippen LogP contribution in [-0.4, -0.2) is 0 Å². The van der Waals surface area contributed by atoms with Gasteiger partial charge in [-0.1, -0.05) is 68.5 Å². The number of rotatable bonds is 5. The molecule has 0 nitrogen and oxygen atoms in total. The molecule has 1 aromatic rings. The zero-order valence-corrected chi connectivity index (χ0v) is 12.1. The summed E-state index contributed by atoms with van der Waals surface area (Å²) in [6.45, 7) is 17.5. The second kappa shape index (κ2) is 9.47. The number of benzene rings is 1. The molecular weight excluding hydrogens is 216 g/mol. The Hall–Kier alpha value is -1.56. The van der Waals surface area contributed by atoms with Crippen molar-refractivity contribution in [3.63, 3.8) is 0 Å². The number of hydrogen-bond donors (Lipinski definition) is 0. The van der Waals surface area contributed by atoms with Gasteiger partial charge in [0.1, 0.15) is 0 Å². The first-order valence-electron chi connectivity index (χ1n) is 6.55. The van der Waals surface area contributed by atoms with E-state index in [1.165, 1.54) is 16.7 Å². The Morgan fingerprint density at radius 2 is 1.50 bits per heavy atom. The lowest BCUT2D eigenvalue weighted by Crippen LogP contribution is -1.87. The van der Waals surface area contributed by atoms with E-state index < -0.39 is 0 Å². The van der Waals surface area contributed by atoms with Crippen LogP contribution in [0.2, 0.25) is 0 Å². The molecule has 0 saturated heterocycles. The molecule has 0 unspecified atom stereocenters. The average Bonchev–Trinajstić information content (AvgIpc) is 2.40. The van der Waals surface area contributed by atoms with Crippen LogP contribution in [-0.2, 0) is 12.8 Å². The van der Waals surface area contributed by atoms with Crippen molar-refractivity contribution >= 4 is 0 Å². The fraction of sp³-hybridized carbons (Fsp3) is 0.333. The summed E-state index contributed by atoms with van der Waals surface area (Å²) >= 11 is 0. The van der Waals surface area contributed by atoms with E-state index in [0.29, 0.717) is 0 Å². The Morgan fingerprint density at radius 1 is 1.06 bits per heavy atom. The van der Waals surface area contributed by atoms with E-state index in [-0.39, 0.29) is 0 Å². The van der Waals surface area contributed by atoms with Crippen molar-refractivity contribution in [1.29, 1.82) is 0 Å². The summed E-state index contributed by atoms with van der Waals surface area (Å²) < 4.78 is 0. The maximum Gasteiger partial charge on any atom is -0.00319 e. The van der Waals surface area contributed by atoms with Gasteiger partial charge in [0.05, 0.1) is 0 Å². The van der Waals surface area contributed by atoms with Crippen molar-refractivity contribution in [3.05, 3.63) is 72.4 Å². The van der Waals surface area contributed by atoms with E-state index in [0.717, 1.165) is 24.8 Å². The molecule has 0 fully saturated rings. The molecule has 0 N–H and O–H groups in total. The summed E-state index contributed by atoms with van der Waals surface area (Å²) in [6.07, 6.45) is 4.93. The van der Waals surface area contributed by atoms with Gasteiger partial charge in [0.2, 0.25) is 0 Å². The summed E-state index contributed by atoms with van der Waals surface area (Å²) in [5, 5.41) is 0. The number of hydrogen-bond acceptors (Lipinski definition) is 0. The molecule has 0 aliphatic heterocycles. The summed E-state index contributed by atoms with van der Waals surface area (Å²) in [6, 6.07) is 8.67. The van der Waals surface area contributed by atoms with Crippen LogP contribution in [0.4, 0.5) is 0 Å². The van der Waals surface area contributed by atoms with E-state index in [9.17, 15) is 0 Å². The van der Waals surface area contributed by atoms with Gasteiger partial charge in [0.15, 0.2) is 0 Å². The molecule has 0 spiro atoms. The van der Waals surface area contributed by atoms with Crippen molar-refractivity contribution in [1.82, 2.24) is 0 Å². The fourth-order valence-electron chi connectivity index (χ4n) is 1.23. The zero-order chi connectivity index (χ0) is 14.0. The predicted octanol–water partition coefficient (Wildman–Crippen LogP) is 5.51. The maximum absolute atomic E-state index is 3.89. The highest BCUT2D eigenvalue weighted by molar-refractivity contribution is 5.28. The molecule has 0 heterocycles. The third-order valence-electron chi connectivity index (χ3n) is 2.75. The lowest BCUT2D eigenvalue weighted by molar-refractivity contribution is 1.11. The minimum atomic E-state index is 0.910. The maximum atomic E-state index is 3.89. The third kappa shape index (κ3) is 7.67. The Kier molecular flexibility index (Phi) is 8.65. The predicted molar refractivity (Wildman–Crippen MR) is 84.0 cm³/mol.